The van der Waals surface area contributed by atoms with Gasteiger partial charge in [-0.2, -0.15) is 0 Å². The quantitative estimate of drug-likeness (QED) is 0.849. The number of hydrogen-bond donors (Lipinski definition) is 2. The Kier molecular flexibility index (Phi) is 4.10. The topological polar surface area (TPSA) is 72.6 Å². The molecule has 2 aromatic rings. The van der Waals surface area contributed by atoms with Crippen LogP contribution in [0.4, 0.5) is 10.1 Å². The van der Waals surface area contributed by atoms with Crippen molar-refractivity contribution in [3.8, 4) is 5.75 Å². The van der Waals surface area contributed by atoms with Gasteiger partial charge in [-0.1, -0.05) is 17.7 Å². The number of ether oxygens (including phenoxy) is 1. The highest BCUT2D eigenvalue weighted by Crippen LogP contribution is 2.28. The Bertz CT molecular complexity index is 661. The van der Waals surface area contributed by atoms with Crippen molar-refractivity contribution in [2.24, 2.45) is 0 Å². The van der Waals surface area contributed by atoms with Crippen LogP contribution in [-0.4, -0.2) is 11.1 Å². The number of carbonyl (C=O) groups is 1. The number of nitrogens with two attached hydrogens (primary N) is 1. The van der Waals surface area contributed by atoms with Gasteiger partial charge >= 0.3 is 5.97 Å². The molecule has 0 saturated carbocycles. The Balaban J connectivity index is 2.27. The summed E-state index contributed by atoms with van der Waals surface area (Å²) in [7, 11) is 0. The number of carboxylic acids is 1. The number of carboxylic acid groups (broad SMARTS) is 1. The molecule has 0 atom stereocenters. The molecule has 0 aliphatic heterocycles. The fourth-order valence-corrected chi connectivity index (χ4v) is 1.88. The first-order chi connectivity index (χ1) is 9.49. The van der Waals surface area contributed by atoms with Crippen molar-refractivity contribution in [2.75, 3.05) is 5.73 Å². The van der Waals surface area contributed by atoms with Crippen molar-refractivity contribution in [1.29, 1.82) is 0 Å². The zero-order valence-corrected chi connectivity index (χ0v) is 11.0. The van der Waals surface area contributed by atoms with Crippen molar-refractivity contribution < 1.29 is 19.0 Å². The van der Waals surface area contributed by atoms with Gasteiger partial charge in [0.2, 0.25) is 0 Å². The second-order valence-electron chi connectivity index (χ2n) is 4.05. The van der Waals surface area contributed by atoms with Crippen LogP contribution in [-0.2, 0) is 6.61 Å². The number of aromatic carboxylic acids is 1. The molecule has 3 N–H and O–H groups in total. The van der Waals surface area contributed by atoms with Crippen LogP contribution in [0.3, 0.4) is 0 Å². The molecule has 2 rings (SSSR count). The number of anilines is 1. The van der Waals surface area contributed by atoms with Crippen molar-refractivity contribution in [1.82, 2.24) is 0 Å². The van der Waals surface area contributed by atoms with Crippen LogP contribution in [0.5, 0.6) is 5.75 Å². The SMILES string of the molecule is Nc1cccc(C(=O)O)c1OCc1cc(Cl)ccc1F. The fourth-order valence-electron chi connectivity index (χ4n) is 1.69. The third kappa shape index (κ3) is 3.00. The van der Waals surface area contributed by atoms with Gasteiger partial charge in [0.25, 0.3) is 0 Å². The fraction of sp³-hybridized carbons (Fsp3) is 0.0714. The summed E-state index contributed by atoms with van der Waals surface area (Å²) in [5, 5.41) is 9.42. The van der Waals surface area contributed by atoms with Crippen LogP contribution in [0.1, 0.15) is 15.9 Å². The molecule has 2 aromatic carbocycles. The number of benzene rings is 2. The van der Waals surface area contributed by atoms with Crippen molar-refractivity contribution >= 4 is 23.3 Å². The highest BCUT2D eigenvalue weighted by molar-refractivity contribution is 6.30. The molecule has 0 amide bonds. The molecule has 104 valence electrons. The van der Waals surface area contributed by atoms with E-state index < -0.39 is 11.8 Å². The number of nitrogen functional groups attached to an aromatic ring is 1. The van der Waals surface area contributed by atoms with Crippen molar-refractivity contribution in [3.05, 3.63) is 58.4 Å². The summed E-state index contributed by atoms with van der Waals surface area (Å²) in [4.78, 5) is 11.1. The van der Waals surface area contributed by atoms with Gasteiger partial charge in [-0.05, 0) is 30.3 Å². The number of halogens is 2. The lowest BCUT2D eigenvalue weighted by atomic mass is 10.1. The summed E-state index contributed by atoms with van der Waals surface area (Å²) >= 11 is 5.77. The highest BCUT2D eigenvalue weighted by Gasteiger charge is 2.15. The third-order valence-electron chi connectivity index (χ3n) is 2.66. The lowest BCUT2D eigenvalue weighted by Gasteiger charge is -2.12. The van der Waals surface area contributed by atoms with Crippen LogP contribution >= 0.6 is 11.6 Å². The zero-order valence-electron chi connectivity index (χ0n) is 10.3. The summed E-state index contributed by atoms with van der Waals surface area (Å²) in [6, 6.07) is 8.42. The molecule has 0 heterocycles. The van der Waals surface area contributed by atoms with E-state index in [-0.39, 0.29) is 29.2 Å². The number of para-hydroxylation sites is 1. The molecule has 0 aliphatic carbocycles. The molecule has 0 saturated heterocycles. The van der Waals surface area contributed by atoms with Gasteiger partial charge in [0.1, 0.15) is 18.0 Å². The molecule has 6 heteroatoms. The summed E-state index contributed by atoms with van der Waals surface area (Å²) in [5.74, 6) is -1.64. The molecule has 4 nitrogen and oxygen atoms in total. The largest absolute Gasteiger partial charge is 0.486 e. The monoisotopic (exact) mass is 295 g/mol. The lowest BCUT2D eigenvalue weighted by molar-refractivity contribution is 0.0692. The first-order valence-electron chi connectivity index (χ1n) is 5.67. The minimum absolute atomic E-state index is 0.0133. The molecule has 0 bridgehead atoms. The lowest BCUT2D eigenvalue weighted by Crippen LogP contribution is -2.07. The van der Waals surface area contributed by atoms with E-state index in [1.165, 1.54) is 36.4 Å². The van der Waals surface area contributed by atoms with Crippen LogP contribution in [0.15, 0.2) is 36.4 Å². The Morgan fingerprint density at radius 2 is 2.10 bits per heavy atom. The molecule has 0 aliphatic rings. The predicted octanol–water partition coefficient (Wildman–Crippen LogP) is 3.34. The standard InChI is InChI=1S/C14H11ClFNO3/c15-9-4-5-11(16)8(6-9)7-20-13-10(14(18)19)2-1-3-12(13)17/h1-6H,7,17H2,(H,18,19). The van der Waals surface area contributed by atoms with Gasteiger partial charge in [-0.3, -0.25) is 0 Å². The van der Waals surface area contributed by atoms with E-state index >= 15 is 0 Å². The predicted molar refractivity (Wildman–Crippen MR) is 73.6 cm³/mol. The van der Waals surface area contributed by atoms with E-state index in [9.17, 15) is 9.18 Å². The molecule has 0 spiro atoms. The second kappa shape index (κ2) is 5.79. The van der Waals surface area contributed by atoms with Crippen LogP contribution < -0.4 is 10.5 Å². The minimum atomic E-state index is -1.17. The molecular formula is C14H11ClFNO3. The minimum Gasteiger partial charge on any atom is -0.486 e. The summed E-state index contributed by atoms with van der Waals surface area (Å²) in [5.41, 5.74) is 6.00. The average Bonchev–Trinajstić information content (AvgIpc) is 2.40. The van der Waals surface area contributed by atoms with Gasteiger partial charge in [0, 0.05) is 10.6 Å². The summed E-state index contributed by atoms with van der Waals surface area (Å²) in [6.07, 6.45) is 0. The highest BCUT2D eigenvalue weighted by atomic mass is 35.5. The molecule has 0 radical (unpaired) electrons. The van der Waals surface area contributed by atoms with Gasteiger partial charge in [0.15, 0.2) is 5.75 Å². The van der Waals surface area contributed by atoms with E-state index in [1.807, 2.05) is 0 Å². The Hall–Kier alpha value is -2.27. The van der Waals surface area contributed by atoms with Crippen molar-refractivity contribution in [3.63, 3.8) is 0 Å². The van der Waals surface area contributed by atoms with Crippen LogP contribution in [0, 0.1) is 5.82 Å². The van der Waals surface area contributed by atoms with Gasteiger partial charge in [0.05, 0.1) is 5.69 Å². The second-order valence-corrected chi connectivity index (χ2v) is 4.49. The normalized spacial score (nSPS) is 10.3. The maximum Gasteiger partial charge on any atom is 0.339 e. The van der Waals surface area contributed by atoms with Crippen LogP contribution in [0.25, 0.3) is 0 Å². The Morgan fingerprint density at radius 3 is 2.80 bits per heavy atom. The van der Waals surface area contributed by atoms with Crippen LogP contribution in [0.2, 0.25) is 5.02 Å². The molecule has 0 fully saturated rings. The maximum atomic E-state index is 13.5. The smallest absolute Gasteiger partial charge is 0.339 e. The van der Waals surface area contributed by atoms with E-state index in [4.69, 9.17) is 27.2 Å². The number of rotatable bonds is 4. The van der Waals surface area contributed by atoms with E-state index in [1.54, 1.807) is 0 Å². The van der Waals surface area contributed by atoms with Gasteiger partial charge in [-0.25, -0.2) is 9.18 Å². The molecule has 20 heavy (non-hydrogen) atoms. The first kappa shape index (κ1) is 14.1. The molecule has 0 unspecified atom stereocenters. The zero-order chi connectivity index (χ0) is 14.7. The van der Waals surface area contributed by atoms with Gasteiger partial charge in [-0.15, -0.1) is 0 Å². The number of hydrogen-bond acceptors (Lipinski definition) is 3. The van der Waals surface area contributed by atoms with Gasteiger partial charge < -0.3 is 15.6 Å². The Morgan fingerprint density at radius 1 is 1.35 bits per heavy atom. The molecule has 0 aromatic heterocycles. The molecular weight excluding hydrogens is 285 g/mol. The Labute approximate surface area is 119 Å². The first-order valence-corrected chi connectivity index (χ1v) is 6.05. The van der Waals surface area contributed by atoms with E-state index in [2.05, 4.69) is 0 Å². The average molecular weight is 296 g/mol. The summed E-state index contributed by atoms with van der Waals surface area (Å²) in [6.45, 7) is -0.166. The maximum absolute atomic E-state index is 13.5. The third-order valence-corrected chi connectivity index (χ3v) is 2.89. The van der Waals surface area contributed by atoms with E-state index in [0.717, 1.165) is 0 Å². The summed E-state index contributed by atoms with van der Waals surface area (Å²) < 4.78 is 18.9. The van der Waals surface area contributed by atoms with E-state index in [0.29, 0.717) is 5.02 Å². The van der Waals surface area contributed by atoms with Crippen molar-refractivity contribution in [2.45, 2.75) is 6.61 Å².